The van der Waals surface area contributed by atoms with Crippen molar-refractivity contribution in [1.29, 1.82) is 0 Å². The zero-order valence-electron chi connectivity index (χ0n) is 15.5. The predicted octanol–water partition coefficient (Wildman–Crippen LogP) is 2.09. The Morgan fingerprint density at radius 1 is 1.27 bits per heavy atom. The van der Waals surface area contributed by atoms with Gasteiger partial charge in [0.05, 0.1) is 25.3 Å². The Morgan fingerprint density at radius 2 is 1.93 bits per heavy atom. The fourth-order valence-corrected chi connectivity index (χ4v) is 3.10. The third-order valence-electron chi connectivity index (χ3n) is 4.37. The van der Waals surface area contributed by atoms with Gasteiger partial charge in [-0.3, -0.25) is 9.59 Å². The molecule has 1 saturated heterocycles. The molecule has 2 heterocycles. The molecule has 0 saturated carbocycles. The number of aromatic nitrogens is 3. The van der Waals surface area contributed by atoms with Crippen LogP contribution in [0, 0.1) is 0 Å². The molecule has 2 amide bonds. The SMILES string of the molecule is CNC(=O)c1cn(CC2CC(F)(F)CN2C(=O)c2ccc(OC(F)(F)F)cc2)nn1. The highest BCUT2D eigenvalue weighted by Gasteiger charge is 2.47. The van der Waals surface area contributed by atoms with Crippen molar-refractivity contribution in [3.8, 4) is 5.75 Å². The van der Waals surface area contributed by atoms with Crippen LogP contribution in [0.3, 0.4) is 0 Å². The van der Waals surface area contributed by atoms with Crippen molar-refractivity contribution in [2.45, 2.75) is 31.3 Å². The number of nitrogens with one attached hydrogen (secondary N) is 1. The second-order valence-corrected chi connectivity index (χ2v) is 6.62. The lowest BCUT2D eigenvalue weighted by Gasteiger charge is -2.24. The molecule has 3 rings (SSSR count). The smallest absolute Gasteiger partial charge is 0.406 e. The van der Waals surface area contributed by atoms with Gasteiger partial charge in [0.2, 0.25) is 0 Å². The lowest BCUT2D eigenvalue weighted by atomic mass is 10.1. The van der Waals surface area contributed by atoms with E-state index in [0.717, 1.165) is 29.2 Å². The highest BCUT2D eigenvalue weighted by molar-refractivity contribution is 5.95. The number of likely N-dealkylation sites (tertiary alicyclic amines) is 1. The van der Waals surface area contributed by atoms with Crippen LogP contribution in [0.15, 0.2) is 30.5 Å². The molecule has 0 bridgehead atoms. The molecular formula is C17H16F5N5O3. The van der Waals surface area contributed by atoms with Crippen molar-refractivity contribution in [1.82, 2.24) is 25.2 Å². The number of carbonyl (C=O) groups is 2. The summed E-state index contributed by atoms with van der Waals surface area (Å²) in [4.78, 5) is 25.2. The van der Waals surface area contributed by atoms with Gasteiger partial charge in [0.1, 0.15) is 5.75 Å². The monoisotopic (exact) mass is 433 g/mol. The van der Waals surface area contributed by atoms with Crippen molar-refractivity contribution in [3.63, 3.8) is 0 Å². The summed E-state index contributed by atoms with van der Waals surface area (Å²) in [5.74, 6) is -4.97. The number of amides is 2. The average Bonchev–Trinajstić information content (AvgIpc) is 3.24. The van der Waals surface area contributed by atoms with Crippen molar-refractivity contribution in [2.75, 3.05) is 13.6 Å². The summed E-state index contributed by atoms with van der Waals surface area (Å²) >= 11 is 0. The molecule has 30 heavy (non-hydrogen) atoms. The van der Waals surface area contributed by atoms with Gasteiger partial charge in [-0.1, -0.05) is 5.21 Å². The summed E-state index contributed by atoms with van der Waals surface area (Å²) in [6.07, 6.45) is -4.26. The number of ether oxygens (including phenoxy) is 1. The Labute approximate surface area is 166 Å². The molecule has 13 heteroatoms. The Kier molecular flexibility index (Phi) is 5.63. The molecule has 1 fully saturated rings. The molecule has 8 nitrogen and oxygen atoms in total. The number of rotatable bonds is 5. The Balaban J connectivity index is 1.76. The molecule has 1 aliphatic rings. The Bertz CT molecular complexity index is 929. The largest absolute Gasteiger partial charge is 0.573 e. The van der Waals surface area contributed by atoms with E-state index < -0.39 is 48.9 Å². The molecule has 1 unspecified atom stereocenters. The van der Waals surface area contributed by atoms with E-state index in [4.69, 9.17) is 0 Å². The number of hydrogen-bond acceptors (Lipinski definition) is 5. The van der Waals surface area contributed by atoms with E-state index in [1.807, 2.05) is 0 Å². The van der Waals surface area contributed by atoms with Gasteiger partial charge in [-0.2, -0.15) is 0 Å². The zero-order valence-corrected chi connectivity index (χ0v) is 15.5. The van der Waals surface area contributed by atoms with Gasteiger partial charge in [-0.05, 0) is 24.3 Å². The maximum Gasteiger partial charge on any atom is 0.573 e. The first-order valence-corrected chi connectivity index (χ1v) is 8.64. The summed E-state index contributed by atoms with van der Waals surface area (Å²) in [5, 5.41) is 9.69. The van der Waals surface area contributed by atoms with Crippen LogP contribution in [-0.4, -0.2) is 63.6 Å². The first-order chi connectivity index (χ1) is 14.0. The fourth-order valence-electron chi connectivity index (χ4n) is 3.10. The van der Waals surface area contributed by atoms with Gasteiger partial charge >= 0.3 is 6.36 Å². The minimum atomic E-state index is -4.89. The Hall–Kier alpha value is -3.25. The predicted molar refractivity (Wildman–Crippen MR) is 90.9 cm³/mol. The standard InChI is InChI=1S/C17H16F5N5O3/c1-23-14(28)13-8-26(25-24-13)7-11-6-16(18,19)9-27(11)15(29)10-2-4-12(5-3-10)30-17(20,21)22/h2-5,8,11H,6-7,9H2,1H3,(H,23,28). The van der Waals surface area contributed by atoms with Crippen LogP contribution in [0.25, 0.3) is 0 Å². The molecule has 1 aromatic carbocycles. The number of benzene rings is 1. The summed E-state index contributed by atoms with van der Waals surface area (Å²) in [7, 11) is 1.39. The molecule has 162 valence electrons. The zero-order chi connectivity index (χ0) is 22.1. The first kappa shape index (κ1) is 21.5. The van der Waals surface area contributed by atoms with Crippen LogP contribution in [0.2, 0.25) is 0 Å². The van der Waals surface area contributed by atoms with E-state index in [0.29, 0.717) is 0 Å². The average molecular weight is 433 g/mol. The van der Waals surface area contributed by atoms with Gasteiger partial charge in [-0.25, -0.2) is 13.5 Å². The molecule has 1 N–H and O–H groups in total. The lowest BCUT2D eigenvalue weighted by molar-refractivity contribution is -0.274. The number of carbonyl (C=O) groups excluding carboxylic acids is 2. The van der Waals surface area contributed by atoms with E-state index in [-0.39, 0.29) is 17.8 Å². The van der Waals surface area contributed by atoms with Gasteiger partial charge in [-0.15, -0.1) is 18.3 Å². The fraction of sp³-hybridized carbons (Fsp3) is 0.412. The maximum absolute atomic E-state index is 14.0. The van der Waals surface area contributed by atoms with Crippen LogP contribution in [0.5, 0.6) is 5.75 Å². The molecule has 1 aromatic heterocycles. The van der Waals surface area contributed by atoms with E-state index in [9.17, 15) is 31.5 Å². The molecule has 0 spiro atoms. The Morgan fingerprint density at radius 3 is 2.53 bits per heavy atom. The number of nitrogens with zero attached hydrogens (tertiary/aromatic N) is 4. The van der Waals surface area contributed by atoms with Crippen LogP contribution in [0.1, 0.15) is 27.3 Å². The van der Waals surface area contributed by atoms with Crippen molar-refractivity contribution < 1.29 is 36.3 Å². The molecular weight excluding hydrogens is 417 g/mol. The summed E-state index contributed by atoms with van der Waals surface area (Å²) in [6.45, 7) is -0.991. The van der Waals surface area contributed by atoms with E-state index in [1.165, 1.54) is 17.9 Å². The van der Waals surface area contributed by atoms with Crippen LogP contribution < -0.4 is 10.1 Å². The first-order valence-electron chi connectivity index (χ1n) is 8.64. The van der Waals surface area contributed by atoms with Crippen LogP contribution in [0.4, 0.5) is 22.0 Å². The highest BCUT2D eigenvalue weighted by Crippen LogP contribution is 2.34. The third-order valence-corrected chi connectivity index (χ3v) is 4.37. The molecule has 1 aliphatic heterocycles. The molecule has 1 atom stereocenters. The van der Waals surface area contributed by atoms with Gasteiger partial charge in [0, 0.05) is 19.0 Å². The molecule has 0 radical (unpaired) electrons. The minimum absolute atomic E-state index is 0.0135. The second-order valence-electron chi connectivity index (χ2n) is 6.62. The summed E-state index contributed by atoms with van der Waals surface area (Å²) in [6, 6.07) is 3.03. The third kappa shape index (κ3) is 5.02. The van der Waals surface area contributed by atoms with Gasteiger partial charge in [0.15, 0.2) is 5.69 Å². The normalized spacial score (nSPS) is 18.3. The van der Waals surface area contributed by atoms with Crippen LogP contribution >= 0.6 is 0 Å². The maximum atomic E-state index is 14.0. The topological polar surface area (TPSA) is 89.4 Å². The number of hydrogen-bond donors (Lipinski definition) is 1. The van der Waals surface area contributed by atoms with Crippen molar-refractivity contribution in [3.05, 3.63) is 41.7 Å². The van der Waals surface area contributed by atoms with E-state index in [1.54, 1.807) is 0 Å². The van der Waals surface area contributed by atoms with E-state index in [2.05, 4.69) is 20.4 Å². The van der Waals surface area contributed by atoms with Gasteiger partial charge < -0.3 is 15.0 Å². The lowest BCUT2D eigenvalue weighted by Crippen LogP contribution is -2.38. The minimum Gasteiger partial charge on any atom is -0.406 e. The number of halogens is 5. The summed E-state index contributed by atoms with van der Waals surface area (Å²) in [5.41, 5.74) is -0.0859. The van der Waals surface area contributed by atoms with Crippen molar-refractivity contribution >= 4 is 11.8 Å². The second kappa shape index (κ2) is 7.88. The van der Waals surface area contributed by atoms with Crippen molar-refractivity contribution in [2.24, 2.45) is 0 Å². The molecule has 0 aliphatic carbocycles. The summed E-state index contributed by atoms with van der Waals surface area (Å²) < 4.78 is 69.7. The van der Waals surface area contributed by atoms with E-state index >= 15 is 0 Å². The quantitative estimate of drug-likeness (QED) is 0.730. The number of alkyl halides is 5. The molecule has 2 aromatic rings. The highest BCUT2D eigenvalue weighted by atomic mass is 19.4. The van der Waals surface area contributed by atoms with Crippen LogP contribution in [-0.2, 0) is 6.54 Å². The van der Waals surface area contributed by atoms with Gasteiger partial charge in [0.25, 0.3) is 17.7 Å².